The molecule has 1 atom stereocenters. The number of aromatic nitrogens is 2. The molecule has 0 unspecified atom stereocenters. The Labute approximate surface area is 234 Å². The van der Waals surface area contributed by atoms with Crippen LogP contribution in [-0.2, 0) is 20.7 Å². The third kappa shape index (κ3) is 8.78. The SMILES string of the molecule is CCN(CC)c1ncc(NC(=O)CF)c(N[C@@H](Cc2ccc(OC(=O)N3CCCC3)cc2)C(=O)OC(C)(C)C)n1. The Morgan fingerprint density at radius 2 is 1.75 bits per heavy atom. The highest BCUT2D eigenvalue weighted by atomic mass is 19.1. The summed E-state index contributed by atoms with van der Waals surface area (Å²) in [7, 11) is 0. The molecule has 2 N–H and O–H groups in total. The molecule has 0 radical (unpaired) electrons. The van der Waals surface area contributed by atoms with Crippen molar-refractivity contribution < 1.29 is 28.2 Å². The van der Waals surface area contributed by atoms with Gasteiger partial charge in [-0.25, -0.2) is 19.0 Å². The number of nitrogens with one attached hydrogen (secondary N) is 2. The Kier molecular flexibility index (Phi) is 10.6. The summed E-state index contributed by atoms with van der Waals surface area (Å²) in [5.74, 6) is -0.458. The number of hydrogen-bond donors (Lipinski definition) is 2. The number of carbonyl (C=O) groups excluding carboxylic acids is 3. The van der Waals surface area contributed by atoms with E-state index in [1.807, 2.05) is 18.7 Å². The number of hydrogen-bond acceptors (Lipinski definition) is 9. The van der Waals surface area contributed by atoms with Crippen molar-refractivity contribution in [1.29, 1.82) is 0 Å². The summed E-state index contributed by atoms with van der Waals surface area (Å²) in [6.45, 7) is 10.6. The maximum atomic E-state index is 13.3. The van der Waals surface area contributed by atoms with E-state index in [0.29, 0.717) is 37.9 Å². The van der Waals surface area contributed by atoms with E-state index in [1.54, 1.807) is 49.9 Å². The van der Waals surface area contributed by atoms with Gasteiger partial charge >= 0.3 is 12.1 Å². The number of amides is 2. The standard InChI is InChI=1S/C28H39FN6O5/c1-6-34(7-2)26-30-18-22(31-23(36)17-29)24(33-26)32-21(25(37)40-28(3,4)5)16-19-10-12-20(13-11-19)39-27(38)35-14-8-9-15-35/h10-13,18,21H,6-9,14-17H2,1-5H3,(H,31,36)(H,30,32,33)/t21-/m0/s1. The number of benzene rings is 1. The number of alkyl halides is 1. The van der Waals surface area contributed by atoms with Gasteiger partial charge in [0.05, 0.1) is 6.20 Å². The first-order valence-corrected chi connectivity index (χ1v) is 13.6. The molecule has 1 saturated heterocycles. The quantitative estimate of drug-likeness (QED) is 0.391. The number of rotatable bonds is 11. The highest BCUT2D eigenvalue weighted by molar-refractivity contribution is 5.94. The molecule has 1 aromatic heterocycles. The van der Waals surface area contributed by atoms with Crippen molar-refractivity contribution >= 4 is 35.4 Å². The highest BCUT2D eigenvalue weighted by Crippen LogP contribution is 2.25. The van der Waals surface area contributed by atoms with Gasteiger partial charge in [-0.2, -0.15) is 4.98 Å². The predicted molar refractivity (Wildman–Crippen MR) is 150 cm³/mol. The summed E-state index contributed by atoms with van der Waals surface area (Å²) in [6, 6.07) is 5.95. The third-order valence-corrected chi connectivity index (χ3v) is 6.15. The van der Waals surface area contributed by atoms with E-state index in [0.717, 1.165) is 18.4 Å². The van der Waals surface area contributed by atoms with Crippen LogP contribution in [0.15, 0.2) is 30.5 Å². The number of likely N-dealkylation sites (tertiary alicyclic amines) is 1. The molecule has 0 aliphatic carbocycles. The zero-order valence-corrected chi connectivity index (χ0v) is 23.8. The minimum atomic E-state index is -1.22. The third-order valence-electron chi connectivity index (χ3n) is 6.15. The van der Waals surface area contributed by atoms with Crippen molar-refractivity contribution in [3.63, 3.8) is 0 Å². The number of anilines is 3. The molecule has 0 bridgehead atoms. The molecular weight excluding hydrogens is 519 g/mol. The second-order valence-electron chi connectivity index (χ2n) is 10.4. The van der Waals surface area contributed by atoms with E-state index in [1.165, 1.54) is 6.20 Å². The van der Waals surface area contributed by atoms with Crippen molar-refractivity contribution in [3.05, 3.63) is 36.0 Å². The summed E-state index contributed by atoms with van der Waals surface area (Å²) < 4.78 is 24.1. The topological polar surface area (TPSA) is 126 Å². The van der Waals surface area contributed by atoms with Crippen molar-refractivity contribution in [2.45, 2.75) is 65.5 Å². The zero-order chi connectivity index (χ0) is 29.3. The van der Waals surface area contributed by atoms with Gasteiger partial charge in [-0.3, -0.25) is 4.79 Å². The second-order valence-corrected chi connectivity index (χ2v) is 10.4. The molecule has 2 amide bonds. The average molecular weight is 559 g/mol. The van der Waals surface area contributed by atoms with Crippen LogP contribution in [-0.4, -0.2) is 77.3 Å². The van der Waals surface area contributed by atoms with Crippen LogP contribution >= 0.6 is 0 Å². The second kappa shape index (κ2) is 13.9. The van der Waals surface area contributed by atoms with Gasteiger partial charge in [-0.1, -0.05) is 12.1 Å². The van der Waals surface area contributed by atoms with Gasteiger partial charge in [0.15, 0.2) is 12.5 Å². The minimum Gasteiger partial charge on any atom is -0.458 e. The zero-order valence-electron chi connectivity index (χ0n) is 23.8. The van der Waals surface area contributed by atoms with Gasteiger partial charge in [-0.15, -0.1) is 0 Å². The first-order valence-electron chi connectivity index (χ1n) is 13.6. The maximum Gasteiger partial charge on any atom is 0.415 e. The molecule has 1 aromatic carbocycles. The molecule has 0 spiro atoms. The number of ether oxygens (including phenoxy) is 2. The first kappa shape index (κ1) is 30.6. The molecule has 2 aromatic rings. The Balaban J connectivity index is 1.86. The van der Waals surface area contributed by atoms with Gasteiger partial charge in [-0.05, 0) is 65.2 Å². The fourth-order valence-corrected chi connectivity index (χ4v) is 4.14. The highest BCUT2D eigenvalue weighted by Gasteiger charge is 2.28. The van der Waals surface area contributed by atoms with Gasteiger partial charge in [0.25, 0.3) is 5.91 Å². The number of esters is 1. The smallest absolute Gasteiger partial charge is 0.415 e. The lowest BCUT2D eigenvalue weighted by Gasteiger charge is -2.26. The largest absolute Gasteiger partial charge is 0.458 e. The molecule has 1 aliphatic heterocycles. The van der Waals surface area contributed by atoms with Crippen LogP contribution < -0.4 is 20.3 Å². The van der Waals surface area contributed by atoms with Crippen molar-refractivity contribution in [2.75, 3.05) is 48.4 Å². The Hall–Kier alpha value is -3.96. The van der Waals surface area contributed by atoms with Gasteiger partial charge in [0.1, 0.15) is 23.1 Å². The summed E-state index contributed by atoms with van der Waals surface area (Å²) in [5.41, 5.74) is 0.140. The van der Waals surface area contributed by atoms with Crippen molar-refractivity contribution in [3.8, 4) is 5.75 Å². The van der Waals surface area contributed by atoms with E-state index < -0.39 is 30.2 Å². The molecule has 1 aliphatic rings. The van der Waals surface area contributed by atoms with E-state index in [9.17, 15) is 18.8 Å². The van der Waals surface area contributed by atoms with Crippen LogP contribution in [0, 0.1) is 0 Å². The Morgan fingerprint density at radius 3 is 2.33 bits per heavy atom. The molecule has 11 nitrogen and oxygen atoms in total. The van der Waals surface area contributed by atoms with Crippen LogP contribution in [0.5, 0.6) is 5.75 Å². The number of carbonyl (C=O) groups is 3. The van der Waals surface area contributed by atoms with E-state index in [-0.39, 0.29) is 24.0 Å². The summed E-state index contributed by atoms with van der Waals surface area (Å²) in [4.78, 5) is 49.9. The molecule has 40 heavy (non-hydrogen) atoms. The molecule has 12 heteroatoms. The lowest BCUT2D eigenvalue weighted by atomic mass is 10.0. The minimum absolute atomic E-state index is 0.135. The van der Waals surface area contributed by atoms with Crippen LogP contribution in [0.3, 0.4) is 0 Å². The maximum absolute atomic E-state index is 13.3. The normalized spacial score (nSPS) is 13.9. The summed E-state index contributed by atoms with van der Waals surface area (Å²) >= 11 is 0. The first-order chi connectivity index (χ1) is 19.0. The van der Waals surface area contributed by atoms with Crippen molar-refractivity contribution in [1.82, 2.24) is 14.9 Å². The molecule has 0 saturated carbocycles. The van der Waals surface area contributed by atoms with Gasteiger partial charge < -0.3 is 29.9 Å². The van der Waals surface area contributed by atoms with Crippen LogP contribution in [0.25, 0.3) is 0 Å². The van der Waals surface area contributed by atoms with Gasteiger partial charge in [0.2, 0.25) is 5.95 Å². The van der Waals surface area contributed by atoms with E-state index >= 15 is 0 Å². The monoisotopic (exact) mass is 558 g/mol. The molecule has 3 rings (SSSR count). The molecule has 1 fully saturated rings. The fraction of sp³-hybridized carbons (Fsp3) is 0.536. The fourth-order valence-electron chi connectivity index (χ4n) is 4.14. The lowest BCUT2D eigenvalue weighted by molar-refractivity contribution is -0.155. The lowest BCUT2D eigenvalue weighted by Crippen LogP contribution is -2.38. The summed E-state index contributed by atoms with van der Waals surface area (Å²) in [6.07, 6.45) is 3.13. The van der Waals surface area contributed by atoms with Crippen molar-refractivity contribution in [2.24, 2.45) is 0 Å². The summed E-state index contributed by atoms with van der Waals surface area (Å²) in [5, 5.41) is 5.54. The Bertz CT molecular complexity index is 1160. The van der Waals surface area contributed by atoms with Gasteiger partial charge in [0, 0.05) is 32.6 Å². The average Bonchev–Trinajstić information content (AvgIpc) is 3.46. The molecular formula is C28H39FN6O5. The number of nitrogens with zero attached hydrogens (tertiary/aromatic N) is 4. The number of halogens is 1. The predicted octanol–water partition coefficient (Wildman–Crippen LogP) is 4.19. The van der Waals surface area contributed by atoms with Crippen LogP contribution in [0.4, 0.5) is 26.6 Å². The molecule has 2 heterocycles. The Morgan fingerprint density at radius 1 is 1.10 bits per heavy atom. The molecule has 218 valence electrons. The van der Waals surface area contributed by atoms with Crippen LogP contribution in [0.1, 0.15) is 53.0 Å². The van der Waals surface area contributed by atoms with E-state index in [2.05, 4.69) is 20.6 Å². The van der Waals surface area contributed by atoms with Crippen LogP contribution in [0.2, 0.25) is 0 Å². The van der Waals surface area contributed by atoms with E-state index in [4.69, 9.17) is 9.47 Å².